The smallest absolute Gasteiger partial charge is 0.174 e. The summed E-state index contributed by atoms with van der Waals surface area (Å²) >= 11 is 2.15. The van der Waals surface area contributed by atoms with E-state index in [0.717, 1.165) is 32.7 Å². The van der Waals surface area contributed by atoms with Gasteiger partial charge in [-0.1, -0.05) is 60.7 Å². The van der Waals surface area contributed by atoms with E-state index in [1.165, 1.54) is 0 Å². The van der Waals surface area contributed by atoms with Crippen LogP contribution in [0, 0.1) is 0 Å². The van der Waals surface area contributed by atoms with Crippen molar-refractivity contribution >= 4 is 44.1 Å². The lowest BCUT2D eigenvalue weighted by Gasteiger charge is -2.33. The summed E-state index contributed by atoms with van der Waals surface area (Å²) in [6, 6.07) is 24.2. The number of ether oxygens (including phenoxy) is 1. The summed E-state index contributed by atoms with van der Waals surface area (Å²) in [6.07, 6.45) is 0. The highest BCUT2D eigenvalue weighted by atomic mass is 127. The molecular weight excluding hydrogens is 411 g/mol. The van der Waals surface area contributed by atoms with Gasteiger partial charge in [0.25, 0.3) is 0 Å². The van der Waals surface area contributed by atoms with Crippen molar-refractivity contribution in [3.63, 3.8) is 0 Å². The van der Waals surface area contributed by atoms with Crippen molar-refractivity contribution in [2.24, 2.45) is 0 Å². The molecule has 0 radical (unpaired) electrons. The first kappa shape index (κ1) is 14.3. The first-order chi connectivity index (χ1) is 11.7. The molecule has 0 bridgehead atoms. The third-order valence-electron chi connectivity index (χ3n) is 4.66. The van der Waals surface area contributed by atoms with Gasteiger partial charge in [0, 0.05) is 11.1 Å². The molecule has 0 amide bonds. The van der Waals surface area contributed by atoms with Crippen LogP contribution in [0.2, 0.25) is 0 Å². The lowest BCUT2D eigenvalue weighted by Crippen LogP contribution is -2.25. The molecule has 0 spiro atoms. The van der Waals surface area contributed by atoms with Crippen LogP contribution < -0.4 is 4.74 Å². The van der Waals surface area contributed by atoms with E-state index in [1.54, 1.807) is 0 Å². The fourth-order valence-electron chi connectivity index (χ4n) is 3.60. The molecule has 1 N–H and O–H groups in total. The predicted molar refractivity (Wildman–Crippen MR) is 105 cm³/mol. The van der Waals surface area contributed by atoms with Gasteiger partial charge in [0.15, 0.2) is 3.61 Å². The van der Waals surface area contributed by atoms with Crippen LogP contribution in [0.5, 0.6) is 11.5 Å². The van der Waals surface area contributed by atoms with Crippen LogP contribution in [0.1, 0.15) is 11.1 Å². The SMILES string of the molecule is OC1(I)c2c(ccc3ccccc23)Oc2ccc3ccccc3c21. The number of aliphatic hydroxyl groups is 1. The van der Waals surface area contributed by atoms with Crippen molar-refractivity contribution in [3.05, 3.63) is 83.9 Å². The van der Waals surface area contributed by atoms with Gasteiger partial charge in [0.1, 0.15) is 11.5 Å². The van der Waals surface area contributed by atoms with E-state index in [2.05, 4.69) is 34.7 Å². The van der Waals surface area contributed by atoms with Gasteiger partial charge in [0.2, 0.25) is 0 Å². The number of hydrogen-bond acceptors (Lipinski definition) is 2. The highest BCUT2D eigenvalue weighted by Gasteiger charge is 2.40. The Bertz CT molecular complexity index is 1030. The Balaban J connectivity index is 1.92. The average Bonchev–Trinajstić information content (AvgIpc) is 2.60. The van der Waals surface area contributed by atoms with Crippen molar-refractivity contribution in [1.29, 1.82) is 0 Å². The van der Waals surface area contributed by atoms with Gasteiger partial charge in [-0.25, -0.2) is 0 Å². The normalized spacial score (nSPS) is 14.9. The molecule has 2 nitrogen and oxygen atoms in total. The largest absolute Gasteiger partial charge is 0.456 e. The summed E-state index contributed by atoms with van der Waals surface area (Å²) < 4.78 is 5.01. The van der Waals surface area contributed by atoms with Gasteiger partial charge in [-0.3, -0.25) is 0 Å². The van der Waals surface area contributed by atoms with E-state index in [0.29, 0.717) is 11.5 Å². The number of benzene rings is 4. The molecule has 1 aliphatic rings. The van der Waals surface area contributed by atoms with E-state index < -0.39 is 3.61 Å². The summed E-state index contributed by atoms with van der Waals surface area (Å²) in [6.45, 7) is 0. The summed E-state index contributed by atoms with van der Waals surface area (Å²) in [5, 5.41) is 15.8. The van der Waals surface area contributed by atoms with E-state index in [-0.39, 0.29) is 0 Å². The van der Waals surface area contributed by atoms with Crippen molar-refractivity contribution < 1.29 is 9.84 Å². The summed E-state index contributed by atoms with van der Waals surface area (Å²) in [5.41, 5.74) is 1.65. The Kier molecular flexibility index (Phi) is 2.94. The monoisotopic (exact) mass is 424 g/mol. The number of hydrogen-bond donors (Lipinski definition) is 1. The van der Waals surface area contributed by atoms with Crippen LogP contribution in [-0.2, 0) is 3.61 Å². The molecule has 0 aromatic heterocycles. The first-order valence-corrected chi connectivity index (χ1v) is 8.88. The van der Waals surface area contributed by atoms with E-state index >= 15 is 0 Å². The second-order valence-electron chi connectivity index (χ2n) is 6.04. The molecule has 0 atom stereocenters. The molecule has 4 aromatic rings. The van der Waals surface area contributed by atoms with Crippen molar-refractivity contribution in [1.82, 2.24) is 0 Å². The molecule has 116 valence electrons. The highest BCUT2D eigenvalue weighted by Crippen LogP contribution is 2.54. The molecule has 1 aliphatic heterocycles. The second kappa shape index (κ2) is 4.94. The first-order valence-electron chi connectivity index (χ1n) is 7.80. The van der Waals surface area contributed by atoms with Crippen molar-refractivity contribution in [3.8, 4) is 11.5 Å². The van der Waals surface area contributed by atoms with Gasteiger partial charge in [-0.15, -0.1) is 0 Å². The van der Waals surface area contributed by atoms with Gasteiger partial charge in [-0.2, -0.15) is 0 Å². The molecular formula is C21H13IO2. The minimum atomic E-state index is -1.15. The van der Waals surface area contributed by atoms with Gasteiger partial charge in [0.05, 0.1) is 0 Å². The van der Waals surface area contributed by atoms with Gasteiger partial charge in [-0.05, 0) is 56.3 Å². The standard InChI is InChI=1S/C21H13IO2/c22-21(23)19-15-7-3-1-5-13(15)9-11-17(19)24-18-12-10-14-6-2-4-8-16(14)20(18)21/h1-12,23H. The molecule has 3 heteroatoms. The van der Waals surface area contributed by atoms with E-state index in [9.17, 15) is 5.11 Å². The fourth-order valence-corrected chi connectivity index (χ4v) is 4.71. The molecule has 4 aromatic carbocycles. The molecule has 0 saturated carbocycles. The number of rotatable bonds is 0. The highest BCUT2D eigenvalue weighted by molar-refractivity contribution is 14.1. The zero-order valence-electron chi connectivity index (χ0n) is 12.7. The van der Waals surface area contributed by atoms with Crippen molar-refractivity contribution in [2.75, 3.05) is 0 Å². The second-order valence-corrected chi connectivity index (χ2v) is 7.61. The molecule has 0 fully saturated rings. The van der Waals surface area contributed by atoms with Crippen LogP contribution in [-0.4, -0.2) is 5.11 Å². The summed E-state index contributed by atoms with van der Waals surface area (Å²) in [5.74, 6) is 1.43. The summed E-state index contributed by atoms with van der Waals surface area (Å²) in [4.78, 5) is 0. The third-order valence-corrected chi connectivity index (χ3v) is 5.74. The van der Waals surface area contributed by atoms with Crippen LogP contribution in [0.25, 0.3) is 21.5 Å². The Labute approximate surface area is 152 Å². The minimum Gasteiger partial charge on any atom is -0.456 e. The number of alkyl halides is 1. The Morgan fingerprint density at radius 1 is 0.667 bits per heavy atom. The van der Waals surface area contributed by atoms with Crippen LogP contribution in [0.15, 0.2) is 72.8 Å². The molecule has 0 unspecified atom stereocenters. The maximum Gasteiger partial charge on any atom is 0.174 e. The fraction of sp³-hybridized carbons (Fsp3) is 0.0476. The van der Waals surface area contributed by atoms with Gasteiger partial charge < -0.3 is 9.84 Å². The van der Waals surface area contributed by atoms with Gasteiger partial charge >= 0.3 is 0 Å². The van der Waals surface area contributed by atoms with Crippen LogP contribution in [0.4, 0.5) is 0 Å². The topological polar surface area (TPSA) is 29.5 Å². The molecule has 5 rings (SSSR count). The molecule has 1 heterocycles. The maximum absolute atomic E-state index is 11.6. The maximum atomic E-state index is 11.6. The summed E-state index contributed by atoms with van der Waals surface area (Å²) in [7, 11) is 0. The average molecular weight is 424 g/mol. The third kappa shape index (κ3) is 1.85. The molecule has 0 aliphatic carbocycles. The van der Waals surface area contributed by atoms with Crippen LogP contribution in [0.3, 0.4) is 0 Å². The lowest BCUT2D eigenvalue weighted by molar-refractivity contribution is 0.188. The lowest BCUT2D eigenvalue weighted by atomic mass is 9.89. The minimum absolute atomic E-state index is 0.716. The van der Waals surface area contributed by atoms with Crippen molar-refractivity contribution in [2.45, 2.75) is 3.61 Å². The quantitative estimate of drug-likeness (QED) is 0.289. The van der Waals surface area contributed by atoms with E-state index in [1.807, 2.05) is 60.7 Å². The zero-order chi connectivity index (χ0) is 16.3. The zero-order valence-corrected chi connectivity index (χ0v) is 14.8. The molecule has 0 saturated heterocycles. The number of halogens is 1. The Hall–Kier alpha value is -2.11. The number of fused-ring (bicyclic) bond motifs is 6. The van der Waals surface area contributed by atoms with E-state index in [4.69, 9.17) is 4.74 Å². The predicted octanol–water partition coefficient (Wildman–Crippen LogP) is 5.73. The molecule has 24 heavy (non-hydrogen) atoms. The van der Waals surface area contributed by atoms with Crippen LogP contribution >= 0.6 is 22.6 Å². The Morgan fingerprint density at radius 3 is 1.62 bits per heavy atom. The Morgan fingerprint density at radius 2 is 1.12 bits per heavy atom.